The van der Waals surface area contributed by atoms with Gasteiger partial charge in [0, 0.05) is 37.4 Å². The van der Waals surface area contributed by atoms with E-state index in [1.807, 2.05) is 12.1 Å². The molecule has 1 aromatic rings. The summed E-state index contributed by atoms with van der Waals surface area (Å²) in [7, 11) is 0. The Balaban J connectivity index is 1.75. The molecule has 1 aromatic carbocycles. The molecule has 1 saturated heterocycles. The molecule has 5 heteroatoms. The van der Waals surface area contributed by atoms with Crippen molar-refractivity contribution in [2.45, 2.75) is 18.9 Å². The summed E-state index contributed by atoms with van der Waals surface area (Å²) in [6.07, 6.45) is 1.00. The Labute approximate surface area is 107 Å². The number of amides is 1. The van der Waals surface area contributed by atoms with Gasteiger partial charge in [0.25, 0.3) is 0 Å². The summed E-state index contributed by atoms with van der Waals surface area (Å²) in [4.78, 5) is 13.8. The Morgan fingerprint density at radius 2 is 2.39 bits per heavy atom. The van der Waals surface area contributed by atoms with Gasteiger partial charge in [-0.25, -0.2) is 0 Å². The van der Waals surface area contributed by atoms with E-state index in [0.717, 1.165) is 18.7 Å². The van der Waals surface area contributed by atoms with Crippen LogP contribution in [0.4, 0.5) is 11.4 Å². The molecule has 5 nitrogen and oxygen atoms in total. The summed E-state index contributed by atoms with van der Waals surface area (Å²) in [5.41, 5.74) is 6.99. The fourth-order valence-electron chi connectivity index (χ4n) is 2.11. The third-order valence-corrected chi connectivity index (χ3v) is 3.07. The minimum Gasteiger partial charge on any atom is -0.399 e. The number of nitrogen functional groups attached to an aromatic ring is 1. The van der Waals surface area contributed by atoms with Gasteiger partial charge < -0.3 is 21.1 Å². The number of aliphatic hydroxyl groups excluding tert-OH is 1. The monoisotopic (exact) mass is 249 g/mol. The van der Waals surface area contributed by atoms with Crippen LogP contribution < -0.4 is 11.1 Å². The van der Waals surface area contributed by atoms with Crippen molar-refractivity contribution >= 4 is 17.3 Å². The van der Waals surface area contributed by atoms with E-state index >= 15 is 0 Å². The summed E-state index contributed by atoms with van der Waals surface area (Å²) in [5.74, 6) is -0.0259. The predicted octanol–water partition coefficient (Wildman–Crippen LogP) is 0.664. The average molecular weight is 249 g/mol. The third-order valence-electron chi connectivity index (χ3n) is 3.07. The van der Waals surface area contributed by atoms with Crippen LogP contribution in [0.1, 0.15) is 12.8 Å². The first-order valence-corrected chi connectivity index (χ1v) is 6.19. The lowest BCUT2D eigenvalue weighted by Gasteiger charge is -2.14. The number of carbonyl (C=O) groups is 1. The summed E-state index contributed by atoms with van der Waals surface area (Å²) in [6.45, 7) is 2.23. The molecule has 1 fully saturated rings. The Morgan fingerprint density at radius 3 is 3.06 bits per heavy atom. The van der Waals surface area contributed by atoms with Crippen molar-refractivity contribution in [2.75, 3.05) is 30.7 Å². The van der Waals surface area contributed by atoms with Crippen LogP contribution in [0, 0.1) is 0 Å². The van der Waals surface area contributed by atoms with Crippen LogP contribution in [0.2, 0.25) is 0 Å². The van der Waals surface area contributed by atoms with Gasteiger partial charge in [0.05, 0.1) is 6.10 Å². The normalized spacial score (nSPS) is 19.9. The first-order valence-electron chi connectivity index (χ1n) is 6.19. The number of nitrogens with one attached hydrogen (secondary N) is 1. The summed E-state index contributed by atoms with van der Waals surface area (Å²) >= 11 is 0. The number of hydrogen-bond donors (Lipinski definition) is 3. The Kier molecular flexibility index (Phi) is 4.17. The van der Waals surface area contributed by atoms with Crippen molar-refractivity contribution in [2.24, 2.45) is 0 Å². The highest BCUT2D eigenvalue weighted by atomic mass is 16.3. The second kappa shape index (κ2) is 5.84. The van der Waals surface area contributed by atoms with Crippen molar-refractivity contribution < 1.29 is 9.90 Å². The molecule has 2 rings (SSSR count). The van der Waals surface area contributed by atoms with Crippen molar-refractivity contribution in [3.05, 3.63) is 24.3 Å². The van der Waals surface area contributed by atoms with Crippen molar-refractivity contribution in [1.29, 1.82) is 0 Å². The molecule has 1 aliphatic rings. The molecule has 0 saturated carbocycles. The molecule has 0 radical (unpaired) electrons. The van der Waals surface area contributed by atoms with Gasteiger partial charge in [-0.3, -0.25) is 4.79 Å². The van der Waals surface area contributed by atoms with Crippen LogP contribution in [-0.2, 0) is 4.79 Å². The number of nitrogens with zero attached hydrogens (tertiary/aromatic N) is 1. The zero-order chi connectivity index (χ0) is 13.0. The van der Waals surface area contributed by atoms with E-state index in [2.05, 4.69) is 10.2 Å². The van der Waals surface area contributed by atoms with E-state index in [9.17, 15) is 9.90 Å². The van der Waals surface area contributed by atoms with Crippen LogP contribution in [0.3, 0.4) is 0 Å². The Morgan fingerprint density at radius 1 is 1.56 bits per heavy atom. The van der Waals surface area contributed by atoms with E-state index < -0.39 is 0 Å². The van der Waals surface area contributed by atoms with E-state index in [1.165, 1.54) is 0 Å². The van der Waals surface area contributed by atoms with Gasteiger partial charge in [-0.15, -0.1) is 0 Å². The van der Waals surface area contributed by atoms with Crippen molar-refractivity contribution in [3.8, 4) is 0 Å². The van der Waals surface area contributed by atoms with Gasteiger partial charge in [0.1, 0.15) is 0 Å². The number of hydrogen-bond acceptors (Lipinski definition) is 4. The molecule has 0 bridgehead atoms. The quantitative estimate of drug-likeness (QED) is 0.685. The van der Waals surface area contributed by atoms with Crippen molar-refractivity contribution in [1.82, 2.24) is 4.90 Å². The number of aliphatic hydroxyl groups is 1. The molecule has 98 valence electrons. The Bertz CT molecular complexity index is 422. The number of likely N-dealkylation sites (tertiary alicyclic amines) is 1. The molecule has 1 amide bonds. The Hall–Kier alpha value is -1.59. The minimum absolute atomic E-state index is 0.0259. The smallest absolute Gasteiger partial charge is 0.225 e. The standard InChI is InChI=1S/C13H19N3O2/c14-10-2-1-3-11(8-10)15-13(18)5-7-16-6-4-12(17)9-16/h1-3,8,12,17H,4-7,9,14H2,(H,15,18). The lowest BCUT2D eigenvalue weighted by atomic mass is 10.2. The molecule has 1 unspecified atom stereocenters. The highest BCUT2D eigenvalue weighted by Gasteiger charge is 2.20. The maximum atomic E-state index is 11.7. The lowest BCUT2D eigenvalue weighted by Crippen LogP contribution is -2.26. The molecular formula is C13H19N3O2. The molecule has 1 heterocycles. The number of nitrogens with two attached hydrogens (primary N) is 1. The molecule has 0 aromatic heterocycles. The topological polar surface area (TPSA) is 78.6 Å². The maximum absolute atomic E-state index is 11.7. The molecule has 0 spiro atoms. The van der Waals surface area contributed by atoms with Crippen LogP contribution >= 0.6 is 0 Å². The van der Waals surface area contributed by atoms with Crippen LogP contribution in [0.25, 0.3) is 0 Å². The molecule has 18 heavy (non-hydrogen) atoms. The van der Waals surface area contributed by atoms with E-state index in [4.69, 9.17) is 5.73 Å². The molecule has 1 aliphatic heterocycles. The van der Waals surface area contributed by atoms with E-state index in [1.54, 1.807) is 12.1 Å². The van der Waals surface area contributed by atoms with Gasteiger partial charge >= 0.3 is 0 Å². The van der Waals surface area contributed by atoms with Gasteiger partial charge in [-0.1, -0.05) is 6.07 Å². The lowest BCUT2D eigenvalue weighted by molar-refractivity contribution is -0.116. The van der Waals surface area contributed by atoms with Gasteiger partial charge in [-0.2, -0.15) is 0 Å². The third kappa shape index (κ3) is 3.72. The largest absolute Gasteiger partial charge is 0.399 e. The summed E-state index contributed by atoms with van der Waals surface area (Å²) in [5, 5.41) is 12.2. The van der Waals surface area contributed by atoms with Crippen LogP contribution in [0.5, 0.6) is 0 Å². The number of carbonyl (C=O) groups excluding carboxylic acids is 1. The predicted molar refractivity (Wildman–Crippen MR) is 71.2 cm³/mol. The van der Waals surface area contributed by atoms with Gasteiger partial charge in [0.2, 0.25) is 5.91 Å². The number of anilines is 2. The summed E-state index contributed by atoms with van der Waals surface area (Å²) < 4.78 is 0. The molecular weight excluding hydrogens is 230 g/mol. The maximum Gasteiger partial charge on any atom is 0.225 e. The zero-order valence-corrected chi connectivity index (χ0v) is 10.3. The number of rotatable bonds is 4. The van der Waals surface area contributed by atoms with Crippen LogP contribution in [-0.4, -0.2) is 41.7 Å². The highest BCUT2D eigenvalue weighted by Crippen LogP contribution is 2.13. The minimum atomic E-state index is -0.234. The number of β-amino-alcohol motifs (C(OH)–C–C–N with tert-alkyl or cyclic N) is 1. The number of benzene rings is 1. The fourth-order valence-corrected chi connectivity index (χ4v) is 2.11. The highest BCUT2D eigenvalue weighted by molar-refractivity contribution is 5.91. The van der Waals surface area contributed by atoms with E-state index in [0.29, 0.717) is 25.2 Å². The van der Waals surface area contributed by atoms with E-state index in [-0.39, 0.29) is 12.0 Å². The van der Waals surface area contributed by atoms with Crippen molar-refractivity contribution in [3.63, 3.8) is 0 Å². The fraction of sp³-hybridized carbons (Fsp3) is 0.462. The van der Waals surface area contributed by atoms with Crippen LogP contribution in [0.15, 0.2) is 24.3 Å². The molecule has 4 N–H and O–H groups in total. The van der Waals surface area contributed by atoms with Gasteiger partial charge in [0.15, 0.2) is 0 Å². The summed E-state index contributed by atoms with van der Waals surface area (Å²) in [6, 6.07) is 7.13. The second-order valence-corrected chi connectivity index (χ2v) is 4.67. The first kappa shape index (κ1) is 12.9. The molecule has 0 aliphatic carbocycles. The van der Waals surface area contributed by atoms with Gasteiger partial charge in [-0.05, 0) is 24.6 Å². The second-order valence-electron chi connectivity index (χ2n) is 4.67. The zero-order valence-electron chi connectivity index (χ0n) is 10.3. The molecule has 1 atom stereocenters. The average Bonchev–Trinajstić information content (AvgIpc) is 2.73. The SMILES string of the molecule is Nc1cccc(NC(=O)CCN2CCC(O)C2)c1. The first-order chi connectivity index (χ1) is 8.63.